The van der Waals surface area contributed by atoms with Gasteiger partial charge in [0.1, 0.15) is 11.3 Å². The van der Waals surface area contributed by atoms with Crippen molar-refractivity contribution >= 4 is 17.0 Å². The minimum absolute atomic E-state index is 0.00871. The Hall–Kier alpha value is -4.05. The average molecular weight is 404 g/mol. The van der Waals surface area contributed by atoms with Crippen LogP contribution in [0.25, 0.3) is 44.9 Å². The highest BCUT2D eigenvalue weighted by Gasteiger charge is 2.14. The Labute approximate surface area is 180 Å². The second-order valence-corrected chi connectivity index (χ2v) is 7.61. The molecule has 0 N–H and O–H groups in total. The number of carbonyl (C=O) groups excluding carboxylic acids is 1. The van der Waals surface area contributed by atoms with Gasteiger partial charge in [0.05, 0.1) is 11.9 Å². The van der Waals surface area contributed by atoms with E-state index in [0.717, 1.165) is 22.3 Å². The Kier molecular flexibility index (Phi) is 4.68. The molecule has 0 aliphatic heterocycles. The zero-order chi connectivity index (χ0) is 21.4. The molecule has 0 amide bonds. The number of fused-ring (bicyclic) bond motifs is 1. The maximum absolute atomic E-state index is 12.0. The largest absolute Gasteiger partial charge is 0.436 e. The van der Waals surface area contributed by atoms with Gasteiger partial charge in [0.2, 0.25) is 5.71 Å². The normalized spacial score (nSPS) is 11.0. The maximum atomic E-state index is 12.0. The lowest BCUT2D eigenvalue weighted by Crippen LogP contribution is -1.97. The number of hydrogen-bond donors (Lipinski definition) is 0. The summed E-state index contributed by atoms with van der Waals surface area (Å²) in [6.07, 6.45) is 1.69. The number of hydrogen-bond acceptors (Lipinski definition) is 4. The number of furan rings is 1. The van der Waals surface area contributed by atoms with Gasteiger partial charge < -0.3 is 4.42 Å². The zero-order valence-corrected chi connectivity index (χ0v) is 17.3. The van der Waals surface area contributed by atoms with Gasteiger partial charge in [0.15, 0.2) is 5.78 Å². The van der Waals surface area contributed by atoms with Crippen LogP contribution in [-0.2, 0) is 0 Å². The molecule has 2 aromatic heterocycles. The molecule has 150 valence electrons. The van der Waals surface area contributed by atoms with Crippen molar-refractivity contribution in [1.29, 1.82) is 0 Å². The van der Waals surface area contributed by atoms with Crippen molar-refractivity contribution in [3.05, 3.63) is 96.2 Å². The van der Waals surface area contributed by atoms with Crippen molar-refractivity contribution in [3.63, 3.8) is 0 Å². The summed E-state index contributed by atoms with van der Waals surface area (Å²) < 4.78 is 6.07. The van der Waals surface area contributed by atoms with Crippen LogP contribution in [0, 0.1) is 6.92 Å². The predicted octanol–water partition coefficient (Wildman–Crippen LogP) is 6.73. The molecule has 0 fully saturated rings. The van der Waals surface area contributed by atoms with Gasteiger partial charge in [0, 0.05) is 22.8 Å². The van der Waals surface area contributed by atoms with Crippen LogP contribution < -0.4 is 0 Å². The van der Waals surface area contributed by atoms with Gasteiger partial charge in [-0.2, -0.15) is 0 Å². The highest BCUT2D eigenvalue weighted by atomic mass is 16.3. The fourth-order valence-electron chi connectivity index (χ4n) is 3.78. The van der Waals surface area contributed by atoms with Gasteiger partial charge in [0.25, 0.3) is 0 Å². The van der Waals surface area contributed by atoms with Crippen LogP contribution in [0.3, 0.4) is 0 Å². The van der Waals surface area contributed by atoms with E-state index in [4.69, 9.17) is 4.42 Å². The van der Waals surface area contributed by atoms with Crippen LogP contribution >= 0.6 is 0 Å². The van der Waals surface area contributed by atoms with Gasteiger partial charge in [-0.15, -0.1) is 0 Å². The molecular weight excluding hydrogens is 384 g/mol. The number of carbonyl (C=O) groups is 1. The lowest BCUT2D eigenvalue weighted by molar-refractivity contribution is 0.101. The first-order valence-electron chi connectivity index (χ1n) is 10.1. The Morgan fingerprint density at radius 2 is 1.58 bits per heavy atom. The van der Waals surface area contributed by atoms with Crippen molar-refractivity contribution in [1.82, 2.24) is 9.97 Å². The quantitative estimate of drug-likeness (QED) is 0.311. The second-order valence-electron chi connectivity index (χ2n) is 7.61. The minimum Gasteiger partial charge on any atom is -0.436 e. The Bertz CT molecular complexity index is 1430. The van der Waals surface area contributed by atoms with Gasteiger partial charge in [-0.25, -0.2) is 9.97 Å². The zero-order valence-electron chi connectivity index (χ0n) is 17.3. The summed E-state index contributed by atoms with van der Waals surface area (Å²) in [4.78, 5) is 21.2. The van der Waals surface area contributed by atoms with E-state index in [-0.39, 0.29) is 5.78 Å². The molecule has 5 aromatic rings. The van der Waals surface area contributed by atoms with Crippen LogP contribution in [0.4, 0.5) is 0 Å². The van der Waals surface area contributed by atoms with Crippen molar-refractivity contribution < 1.29 is 9.21 Å². The number of aryl methyl sites for hydroxylation is 1. The number of Topliss-reactive ketones (excluding diaryl/α,β-unsaturated/α-hetero) is 1. The molecule has 0 spiro atoms. The minimum atomic E-state index is -0.00871. The maximum Gasteiger partial charge on any atom is 0.246 e. The summed E-state index contributed by atoms with van der Waals surface area (Å²) in [5.74, 6) is 0.701. The summed E-state index contributed by atoms with van der Waals surface area (Å²) in [5.41, 5.74) is 7.59. The van der Waals surface area contributed by atoms with Crippen LogP contribution in [0.1, 0.15) is 22.8 Å². The summed E-state index contributed by atoms with van der Waals surface area (Å²) in [6.45, 7) is 3.64. The predicted molar refractivity (Wildman–Crippen MR) is 123 cm³/mol. The van der Waals surface area contributed by atoms with E-state index in [0.29, 0.717) is 28.2 Å². The Morgan fingerprint density at radius 3 is 2.39 bits per heavy atom. The first-order chi connectivity index (χ1) is 15.1. The summed E-state index contributed by atoms with van der Waals surface area (Å²) in [5, 5.41) is 0. The van der Waals surface area contributed by atoms with Crippen LogP contribution in [-0.4, -0.2) is 15.8 Å². The molecule has 3 aromatic carbocycles. The molecule has 0 unspecified atom stereocenters. The van der Waals surface area contributed by atoms with Crippen molar-refractivity contribution in [2.45, 2.75) is 13.8 Å². The van der Waals surface area contributed by atoms with E-state index in [2.05, 4.69) is 53.3 Å². The topological polar surface area (TPSA) is 56.0 Å². The SMILES string of the molecule is CC(=O)c1ccccc1-c1cnc2cc(-c3cccc(-c4cccc(C)c4)c3)oc2n1. The lowest BCUT2D eigenvalue weighted by Gasteiger charge is -2.05. The fraction of sp³-hybridized carbons (Fsp3) is 0.0741. The van der Waals surface area contributed by atoms with Crippen LogP contribution in [0.5, 0.6) is 0 Å². The van der Waals surface area contributed by atoms with Gasteiger partial charge in [-0.1, -0.05) is 72.3 Å². The third-order valence-electron chi connectivity index (χ3n) is 5.32. The molecule has 0 saturated carbocycles. The molecular formula is C27H20N2O2. The third kappa shape index (κ3) is 3.64. The fourth-order valence-corrected chi connectivity index (χ4v) is 3.78. The smallest absolute Gasteiger partial charge is 0.246 e. The van der Waals surface area contributed by atoms with Crippen LogP contribution in [0.15, 0.2) is 89.5 Å². The molecule has 31 heavy (non-hydrogen) atoms. The Balaban J connectivity index is 1.56. The molecule has 0 aliphatic rings. The number of ketones is 1. The number of rotatable bonds is 4. The lowest BCUT2D eigenvalue weighted by atomic mass is 10.0. The van der Waals surface area contributed by atoms with Gasteiger partial charge >= 0.3 is 0 Å². The van der Waals surface area contributed by atoms with Crippen LogP contribution in [0.2, 0.25) is 0 Å². The van der Waals surface area contributed by atoms with E-state index >= 15 is 0 Å². The van der Waals surface area contributed by atoms with Gasteiger partial charge in [-0.05, 0) is 31.0 Å². The van der Waals surface area contributed by atoms with E-state index in [9.17, 15) is 4.79 Å². The van der Waals surface area contributed by atoms with E-state index in [1.165, 1.54) is 5.56 Å². The molecule has 0 aliphatic carbocycles. The monoisotopic (exact) mass is 404 g/mol. The molecule has 0 saturated heterocycles. The molecule has 2 heterocycles. The molecule has 5 rings (SSSR count). The first kappa shape index (κ1) is 18.9. The number of benzene rings is 3. The summed E-state index contributed by atoms with van der Waals surface area (Å²) in [6, 6.07) is 26.0. The van der Waals surface area contributed by atoms with E-state index < -0.39 is 0 Å². The van der Waals surface area contributed by atoms with Gasteiger partial charge in [-0.3, -0.25) is 4.79 Å². The highest BCUT2D eigenvalue weighted by Crippen LogP contribution is 2.31. The standard InChI is InChI=1S/C27H20N2O2/c1-17-7-5-8-19(13-17)20-9-6-10-21(14-20)26-15-24-27(31-26)29-25(16-28-24)23-12-4-3-11-22(23)18(2)30/h3-16H,1-2H3. The molecule has 4 heteroatoms. The van der Waals surface area contributed by atoms with E-state index in [1.807, 2.05) is 36.4 Å². The highest BCUT2D eigenvalue weighted by molar-refractivity contribution is 6.00. The Morgan fingerprint density at radius 1 is 0.839 bits per heavy atom. The van der Waals surface area contributed by atoms with Crippen molar-refractivity contribution in [2.75, 3.05) is 0 Å². The van der Waals surface area contributed by atoms with E-state index in [1.54, 1.807) is 19.2 Å². The third-order valence-corrected chi connectivity index (χ3v) is 5.32. The number of aromatic nitrogens is 2. The molecule has 0 bridgehead atoms. The molecule has 4 nitrogen and oxygen atoms in total. The summed E-state index contributed by atoms with van der Waals surface area (Å²) in [7, 11) is 0. The van der Waals surface area contributed by atoms with Crippen molar-refractivity contribution in [3.8, 4) is 33.7 Å². The second kappa shape index (κ2) is 7.65. The van der Waals surface area contributed by atoms with Crippen molar-refractivity contribution in [2.24, 2.45) is 0 Å². The molecule has 0 atom stereocenters. The molecule has 0 radical (unpaired) electrons. The first-order valence-corrected chi connectivity index (χ1v) is 10.1. The summed E-state index contributed by atoms with van der Waals surface area (Å²) >= 11 is 0. The average Bonchev–Trinajstić information content (AvgIpc) is 3.23. The number of nitrogens with zero attached hydrogens (tertiary/aromatic N) is 2.